The Hall–Kier alpha value is -0.740. The third-order valence-electron chi connectivity index (χ3n) is 4.43. The van der Waals surface area contributed by atoms with Gasteiger partial charge in [-0.15, -0.1) is 0 Å². The molecular formula is C14H24O4. The van der Waals surface area contributed by atoms with Crippen molar-refractivity contribution in [3.63, 3.8) is 0 Å². The summed E-state index contributed by atoms with van der Waals surface area (Å²) in [4.78, 5) is 22.9. The molecule has 1 rings (SSSR count). The van der Waals surface area contributed by atoms with Crippen LogP contribution in [0.2, 0.25) is 0 Å². The maximum atomic E-state index is 11.6. The predicted molar refractivity (Wildman–Crippen MR) is 68.0 cm³/mol. The smallest absolute Gasteiger partial charge is 0.129 e. The summed E-state index contributed by atoms with van der Waals surface area (Å²) in [5.74, 6) is -0.0580. The van der Waals surface area contributed by atoms with E-state index in [1.54, 1.807) is 0 Å². The number of rotatable bonds is 5. The second kappa shape index (κ2) is 5.10. The lowest BCUT2D eigenvalue weighted by Crippen LogP contribution is -2.49. The van der Waals surface area contributed by atoms with Crippen LogP contribution in [0.4, 0.5) is 0 Å². The summed E-state index contributed by atoms with van der Waals surface area (Å²) >= 11 is 0. The number of hydrogen-bond donors (Lipinski definition) is 2. The molecule has 0 aromatic carbocycles. The van der Waals surface area contributed by atoms with Gasteiger partial charge in [-0.1, -0.05) is 20.8 Å². The lowest BCUT2D eigenvalue weighted by Gasteiger charge is -2.41. The van der Waals surface area contributed by atoms with Gasteiger partial charge in [0.2, 0.25) is 0 Å². The van der Waals surface area contributed by atoms with Gasteiger partial charge in [0.1, 0.15) is 12.6 Å². The maximum absolute atomic E-state index is 11.6. The van der Waals surface area contributed by atoms with E-state index in [1.807, 2.05) is 0 Å². The van der Waals surface area contributed by atoms with Crippen LogP contribution in [0.3, 0.4) is 0 Å². The van der Waals surface area contributed by atoms with Gasteiger partial charge in [0.15, 0.2) is 0 Å². The van der Waals surface area contributed by atoms with Crippen LogP contribution in [0.15, 0.2) is 0 Å². The Labute approximate surface area is 108 Å². The van der Waals surface area contributed by atoms with E-state index >= 15 is 0 Å². The quantitative estimate of drug-likeness (QED) is 0.725. The summed E-state index contributed by atoms with van der Waals surface area (Å²) in [6.07, 6.45) is 3.27. The number of hydrogen-bond acceptors (Lipinski definition) is 4. The van der Waals surface area contributed by atoms with Gasteiger partial charge in [-0.2, -0.15) is 0 Å². The predicted octanol–water partition coefficient (Wildman–Crippen LogP) is 1.19. The molecule has 2 N–H and O–H groups in total. The first-order chi connectivity index (χ1) is 8.30. The molecule has 0 bridgehead atoms. The first-order valence-electron chi connectivity index (χ1n) is 6.45. The highest BCUT2D eigenvalue weighted by Gasteiger charge is 2.60. The second-order valence-electron chi connectivity index (χ2n) is 6.75. The van der Waals surface area contributed by atoms with Crippen molar-refractivity contribution in [2.75, 3.05) is 13.2 Å². The van der Waals surface area contributed by atoms with Crippen molar-refractivity contribution in [2.45, 2.75) is 40.0 Å². The minimum atomic E-state index is -1.13. The lowest BCUT2D eigenvalue weighted by molar-refractivity contribution is -0.144. The van der Waals surface area contributed by atoms with E-state index in [4.69, 9.17) is 0 Å². The van der Waals surface area contributed by atoms with Crippen LogP contribution >= 0.6 is 0 Å². The number of aliphatic hydroxyl groups is 2. The first kappa shape index (κ1) is 15.3. The molecule has 1 aliphatic rings. The van der Waals surface area contributed by atoms with Crippen LogP contribution in [0.5, 0.6) is 0 Å². The van der Waals surface area contributed by atoms with Gasteiger partial charge in [-0.3, -0.25) is 0 Å². The van der Waals surface area contributed by atoms with E-state index in [2.05, 4.69) is 20.8 Å². The van der Waals surface area contributed by atoms with Crippen LogP contribution < -0.4 is 0 Å². The van der Waals surface area contributed by atoms with Gasteiger partial charge in [0.25, 0.3) is 0 Å². The molecule has 1 aliphatic carbocycles. The number of aldehydes is 2. The van der Waals surface area contributed by atoms with Crippen molar-refractivity contribution in [3.8, 4) is 0 Å². The van der Waals surface area contributed by atoms with Gasteiger partial charge in [0.05, 0.1) is 24.0 Å². The molecule has 4 heteroatoms. The number of carbonyl (C=O) groups is 2. The molecule has 0 radical (unpaired) electrons. The molecule has 1 fully saturated rings. The van der Waals surface area contributed by atoms with Crippen molar-refractivity contribution >= 4 is 12.6 Å². The molecule has 18 heavy (non-hydrogen) atoms. The molecule has 0 aliphatic heterocycles. The van der Waals surface area contributed by atoms with Crippen LogP contribution in [0.1, 0.15) is 40.0 Å². The SMILES string of the molecule is CC(C)(C)CC1CC[C@@](C=O)(CO)[C@]1(C=O)CO. The Morgan fingerprint density at radius 3 is 2.11 bits per heavy atom. The Morgan fingerprint density at radius 2 is 1.78 bits per heavy atom. The van der Waals surface area contributed by atoms with Gasteiger partial charge in [0, 0.05) is 0 Å². The van der Waals surface area contributed by atoms with E-state index in [0.717, 1.165) is 6.42 Å². The largest absolute Gasteiger partial charge is 0.395 e. The van der Waals surface area contributed by atoms with E-state index in [9.17, 15) is 19.8 Å². The Balaban J connectivity index is 3.16. The fourth-order valence-electron chi connectivity index (χ4n) is 3.32. The minimum absolute atomic E-state index is 0.0164. The molecule has 0 spiro atoms. The first-order valence-corrected chi connectivity index (χ1v) is 6.45. The zero-order valence-corrected chi connectivity index (χ0v) is 11.5. The highest BCUT2D eigenvalue weighted by molar-refractivity contribution is 5.75. The summed E-state index contributed by atoms with van der Waals surface area (Å²) in [5, 5.41) is 19.2. The average molecular weight is 256 g/mol. The molecule has 104 valence electrons. The summed E-state index contributed by atoms with van der Waals surface area (Å²) in [5.41, 5.74) is -2.22. The second-order valence-corrected chi connectivity index (χ2v) is 6.75. The number of carbonyl (C=O) groups excluding carboxylic acids is 2. The van der Waals surface area contributed by atoms with Crippen LogP contribution in [0.25, 0.3) is 0 Å². The lowest BCUT2D eigenvalue weighted by atomic mass is 9.62. The van der Waals surface area contributed by atoms with Gasteiger partial charge in [-0.25, -0.2) is 0 Å². The standard InChI is InChI=1S/C14H24O4/c1-12(2,3)6-11-4-5-13(7-15,8-16)14(11,9-17)10-18/h7,9,11,16,18H,4-6,8,10H2,1-3H3/t11?,13-,14-/m1/s1. The zero-order chi connectivity index (χ0) is 14.0. The molecular weight excluding hydrogens is 232 g/mol. The highest BCUT2D eigenvalue weighted by Crippen LogP contribution is 2.56. The topological polar surface area (TPSA) is 74.6 Å². The van der Waals surface area contributed by atoms with E-state index in [-0.39, 0.29) is 24.5 Å². The van der Waals surface area contributed by atoms with Crippen molar-refractivity contribution in [3.05, 3.63) is 0 Å². The fourth-order valence-corrected chi connectivity index (χ4v) is 3.32. The molecule has 0 amide bonds. The summed E-state index contributed by atoms with van der Waals surface area (Å²) in [6.45, 7) is 5.45. The zero-order valence-electron chi connectivity index (χ0n) is 11.5. The van der Waals surface area contributed by atoms with Gasteiger partial charge >= 0.3 is 0 Å². The third-order valence-corrected chi connectivity index (χ3v) is 4.43. The van der Waals surface area contributed by atoms with Crippen molar-refractivity contribution in [1.29, 1.82) is 0 Å². The molecule has 0 heterocycles. The molecule has 3 atom stereocenters. The Kier molecular flexibility index (Phi) is 4.34. The fraction of sp³-hybridized carbons (Fsp3) is 0.857. The van der Waals surface area contributed by atoms with E-state index < -0.39 is 10.8 Å². The Bertz CT molecular complexity index is 320. The van der Waals surface area contributed by atoms with Crippen molar-refractivity contribution in [2.24, 2.45) is 22.2 Å². The van der Waals surface area contributed by atoms with Gasteiger partial charge in [-0.05, 0) is 30.6 Å². The van der Waals surface area contributed by atoms with Gasteiger partial charge < -0.3 is 19.8 Å². The Morgan fingerprint density at radius 1 is 1.17 bits per heavy atom. The summed E-state index contributed by atoms with van der Waals surface area (Å²) in [6, 6.07) is 0. The maximum Gasteiger partial charge on any atom is 0.129 e. The average Bonchev–Trinajstić information content (AvgIpc) is 2.61. The molecule has 0 aromatic heterocycles. The van der Waals surface area contributed by atoms with Crippen molar-refractivity contribution in [1.82, 2.24) is 0 Å². The minimum Gasteiger partial charge on any atom is -0.395 e. The van der Waals surface area contributed by atoms with Crippen LogP contribution in [-0.2, 0) is 9.59 Å². The van der Waals surface area contributed by atoms with E-state index in [1.165, 1.54) is 0 Å². The molecule has 4 nitrogen and oxygen atoms in total. The van der Waals surface area contributed by atoms with E-state index in [0.29, 0.717) is 25.4 Å². The summed E-state index contributed by atoms with van der Waals surface area (Å²) in [7, 11) is 0. The molecule has 1 saturated carbocycles. The molecule has 0 saturated heterocycles. The highest BCUT2D eigenvalue weighted by atomic mass is 16.3. The van der Waals surface area contributed by atoms with Crippen LogP contribution in [-0.4, -0.2) is 36.0 Å². The monoisotopic (exact) mass is 256 g/mol. The van der Waals surface area contributed by atoms with Crippen LogP contribution in [0, 0.1) is 22.2 Å². The molecule has 1 unspecified atom stereocenters. The number of aliphatic hydroxyl groups excluding tert-OH is 2. The summed E-state index contributed by atoms with van der Waals surface area (Å²) < 4.78 is 0. The van der Waals surface area contributed by atoms with Crippen molar-refractivity contribution < 1.29 is 19.8 Å². The normalized spacial score (nSPS) is 36.6. The third kappa shape index (κ3) is 2.24. The molecule has 0 aromatic rings.